The number of para-hydroxylation sites is 1. The van der Waals surface area contributed by atoms with Crippen LogP contribution in [0.4, 0.5) is 0 Å². The number of hydrogen-bond acceptors (Lipinski definition) is 3. The van der Waals surface area contributed by atoms with Crippen molar-refractivity contribution >= 4 is 0 Å². The smallest absolute Gasteiger partial charge is 0.130 e. The second-order valence-electron chi connectivity index (χ2n) is 5.78. The second-order valence-corrected chi connectivity index (χ2v) is 5.78. The van der Waals surface area contributed by atoms with Crippen molar-refractivity contribution in [1.82, 2.24) is 0 Å². The zero-order valence-corrected chi connectivity index (χ0v) is 13.8. The molecule has 0 fully saturated rings. The molecule has 0 aliphatic heterocycles. The first-order valence-electron chi connectivity index (χ1n) is 8.47. The first-order chi connectivity index (χ1) is 11.2. The molecule has 0 aliphatic carbocycles. The minimum absolute atomic E-state index is 0.118. The molecule has 2 aromatic carbocycles. The van der Waals surface area contributed by atoms with E-state index < -0.39 is 0 Å². The van der Waals surface area contributed by atoms with Gasteiger partial charge >= 0.3 is 0 Å². The van der Waals surface area contributed by atoms with Crippen LogP contribution in [0.15, 0.2) is 42.5 Å². The van der Waals surface area contributed by atoms with Crippen molar-refractivity contribution in [1.29, 1.82) is 0 Å². The molecule has 0 atom stereocenters. The van der Waals surface area contributed by atoms with Gasteiger partial charge in [0.05, 0.1) is 12.2 Å². The Morgan fingerprint density at radius 3 is 2.26 bits per heavy atom. The van der Waals surface area contributed by atoms with Crippen LogP contribution >= 0.6 is 0 Å². The van der Waals surface area contributed by atoms with E-state index in [2.05, 4.69) is 6.92 Å². The first-order valence-corrected chi connectivity index (χ1v) is 8.47. The zero-order valence-electron chi connectivity index (χ0n) is 13.8. The highest BCUT2D eigenvalue weighted by Crippen LogP contribution is 2.41. The lowest BCUT2D eigenvalue weighted by Gasteiger charge is -2.14. The van der Waals surface area contributed by atoms with Gasteiger partial charge in [-0.05, 0) is 24.6 Å². The Morgan fingerprint density at radius 2 is 1.48 bits per heavy atom. The molecule has 23 heavy (non-hydrogen) atoms. The van der Waals surface area contributed by atoms with Crippen LogP contribution in [0.2, 0.25) is 0 Å². The maximum Gasteiger partial charge on any atom is 0.130 e. The molecule has 0 amide bonds. The Kier molecular flexibility index (Phi) is 6.79. The summed E-state index contributed by atoms with van der Waals surface area (Å²) in [4.78, 5) is 0. The molecule has 0 saturated carbocycles. The van der Waals surface area contributed by atoms with E-state index in [0.717, 1.165) is 12.8 Å². The van der Waals surface area contributed by atoms with Crippen molar-refractivity contribution < 1.29 is 14.9 Å². The summed E-state index contributed by atoms with van der Waals surface area (Å²) in [7, 11) is 0. The topological polar surface area (TPSA) is 49.7 Å². The Bertz CT molecular complexity index is 608. The molecule has 0 radical (unpaired) electrons. The van der Waals surface area contributed by atoms with Crippen LogP contribution in [0, 0.1) is 0 Å². The van der Waals surface area contributed by atoms with E-state index in [1.54, 1.807) is 30.3 Å². The number of ether oxygens (including phenoxy) is 1. The Balaban J connectivity index is 2.00. The SMILES string of the molecule is CCCCCCCCOc1cccc(O)c1-c1ccccc1O. The molecule has 0 spiro atoms. The number of benzene rings is 2. The third kappa shape index (κ3) is 4.92. The van der Waals surface area contributed by atoms with Crippen LogP contribution in [0.5, 0.6) is 17.2 Å². The molecular weight excluding hydrogens is 288 g/mol. The minimum atomic E-state index is 0.118. The molecule has 0 saturated heterocycles. The molecule has 0 bridgehead atoms. The molecule has 0 aliphatic rings. The molecule has 3 heteroatoms. The minimum Gasteiger partial charge on any atom is -0.507 e. The molecule has 0 aromatic heterocycles. The van der Waals surface area contributed by atoms with E-state index in [1.165, 1.54) is 25.7 Å². The Labute approximate surface area is 138 Å². The van der Waals surface area contributed by atoms with Crippen molar-refractivity contribution in [3.8, 4) is 28.4 Å². The average molecular weight is 314 g/mol. The number of phenols is 2. The van der Waals surface area contributed by atoms with Gasteiger partial charge in [0, 0.05) is 5.56 Å². The highest BCUT2D eigenvalue weighted by molar-refractivity contribution is 5.80. The van der Waals surface area contributed by atoms with E-state index in [-0.39, 0.29) is 11.5 Å². The fraction of sp³-hybridized carbons (Fsp3) is 0.400. The summed E-state index contributed by atoms with van der Waals surface area (Å²) >= 11 is 0. The summed E-state index contributed by atoms with van der Waals surface area (Å²) in [6.07, 6.45) is 7.23. The van der Waals surface area contributed by atoms with E-state index in [1.807, 2.05) is 12.1 Å². The maximum absolute atomic E-state index is 10.2. The molecule has 3 nitrogen and oxygen atoms in total. The molecule has 0 heterocycles. The maximum atomic E-state index is 10.2. The molecular formula is C20H26O3. The zero-order chi connectivity index (χ0) is 16.5. The van der Waals surface area contributed by atoms with Crippen molar-refractivity contribution in [3.63, 3.8) is 0 Å². The lowest BCUT2D eigenvalue weighted by Crippen LogP contribution is -1.99. The summed E-state index contributed by atoms with van der Waals surface area (Å²) in [5.41, 5.74) is 1.14. The normalized spacial score (nSPS) is 10.7. The predicted molar refractivity (Wildman–Crippen MR) is 94.1 cm³/mol. The third-order valence-electron chi connectivity index (χ3n) is 3.93. The molecule has 2 aromatic rings. The van der Waals surface area contributed by atoms with Gasteiger partial charge in [-0.15, -0.1) is 0 Å². The fourth-order valence-electron chi connectivity index (χ4n) is 2.66. The summed E-state index contributed by atoms with van der Waals surface area (Å²) in [6, 6.07) is 12.2. The van der Waals surface area contributed by atoms with Gasteiger partial charge in [-0.3, -0.25) is 0 Å². The van der Waals surface area contributed by atoms with Gasteiger partial charge in [-0.25, -0.2) is 0 Å². The van der Waals surface area contributed by atoms with Gasteiger partial charge in [-0.1, -0.05) is 63.3 Å². The summed E-state index contributed by atoms with van der Waals surface area (Å²) in [6.45, 7) is 2.84. The Hall–Kier alpha value is -2.16. The highest BCUT2D eigenvalue weighted by Gasteiger charge is 2.14. The monoisotopic (exact) mass is 314 g/mol. The summed E-state index contributed by atoms with van der Waals surface area (Å²) in [5.74, 6) is 0.866. The van der Waals surface area contributed by atoms with Crippen molar-refractivity contribution in [3.05, 3.63) is 42.5 Å². The summed E-state index contributed by atoms with van der Waals surface area (Å²) in [5, 5.41) is 20.2. The van der Waals surface area contributed by atoms with Crippen molar-refractivity contribution in [2.75, 3.05) is 6.61 Å². The fourth-order valence-corrected chi connectivity index (χ4v) is 2.66. The number of rotatable bonds is 9. The third-order valence-corrected chi connectivity index (χ3v) is 3.93. The second kappa shape index (κ2) is 9.09. The molecule has 124 valence electrons. The largest absolute Gasteiger partial charge is 0.507 e. The van der Waals surface area contributed by atoms with Gasteiger partial charge in [0.1, 0.15) is 17.2 Å². The van der Waals surface area contributed by atoms with Gasteiger partial charge in [0.2, 0.25) is 0 Å². The van der Waals surface area contributed by atoms with E-state index >= 15 is 0 Å². The number of phenolic OH excluding ortho intramolecular Hbond substituents is 2. The van der Waals surface area contributed by atoms with E-state index in [9.17, 15) is 10.2 Å². The van der Waals surface area contributed by atoms with Crippen LogP contribution in [-0.2, 0) is 0 Å². The van der Waals surface area contributed by atoms with Crippen molar-refractivity contribution in [2.45, 2.75) is 45.4 Å². The standard InChI is InChI=1S/C20H26O3/c1-2-3-4-5-6-9-15-23-19-14-10-13-18(22)20(19)16-11-7-8-12-17(16)21/h7-8,10-14,21-22H,2-6,9,15H2,1H3. The predicted octanol–water partition coefficient (Wildman–Crippen LogP) is 5.50. The van der Waals surface area contributed by atoms with Crippen LogP contribution in [0.1, 0.15) is 45.4 Å². The molecule has 0 unspecified atom stereocenters. The van der Waals surface area contributed by atoms with Gasteiger partial charge < -0.3 is 14.9 Å². The first kappa shape index (κ1) is 17.2. The van der Waals surface area contributed by atoms with E-state index in [4.69, 9.17) is 4.74 Å². The highest BCUT2D eigenvalue weighted by atomic mass is 16.5. The average Bonchev–Trinajstić information content (AvgIpc) is 2.55. The lowest BCUT2D eigenvalue weighted by atomic mass is 10.0. The number of unbranched alkanes of at least 4 members (excludes halogenated alkanes) is 5. The number of hydrogen-bond donors (Lipinski definition) is 2. The van der Waals surface area contributed by atoms with Crippen LogP contribution in [0.3, 0.4) is 0 Å². The van der Waals surface area contributed by atoms with E-state index in [0.29, 0.717) is 23.5 Å². The Morgan fingerprint density at radius 1 is 0.783 bits per heavy atom. The number of aromatic hydroxyl groups is 2. The molecule has 2 N–H and O–H groups in total. The van der Waals surface area contributed by atoms with Gasteiger partial charge in [-0.2, -0.15) is 0 Å². The van der Waals surface area contributed by atoms with Crippen LogP contribution in [-0.4, -0.2) is 16.8 Å². The van der Waals surface area contributed by atoms with Gasteiger partial charge in [0.15, 0.2) is 0 Å². The van der Waals surface area contributed by atoms with Crippen LogP contribution < -0.4 is 4.74 Å². The van der Waals surface area contributed by atoms with Gasteiger partial charge in [0.25, 0.3) is 0 Å². The quantitative estimate of drug-likeness (QED) is 0.600. The summed E-state index contributed by atoms with van der Waals surface area (Å²) < 4.78 is 5.86. The lowest BCUT2D eigenvalue weighted by molar-refractivity contribution is 0.304. The molecule has 2 rings (SSSR count). The van der Waals surface area contributed by atoms with Crippen molar-refractivity contribution in [2.24, 2.45) is 0 Å². The van der Waals surface area contributed by atoms with Crippen LogP contribution in [0.25, 0.3) is 11.1 Å².